The lowest BCUT2D eigenvalue weighted by Crippen LogP contribution is -2.40. The van der Waals surface area contributed by atoms with Crippen molar-refractivity contribution in [1.29, 1.82) is 0 Å². The average Bonchev–Trinajstić information content (AvgIpc) is 2.70. The monoisotopic (exact) mass is 276 g/mol. The summed E-state index contributed by atoms with van der Waals surface area (Å²) in [5.41, 5.74) is 3.62. The first-order valence-corrected chi connectivity index (χ1v) is 7.75. The summed E-state index contributed by atoms with van der Waals surface area (Å²) < 4.78 is 0. The maximum absolute atomic E-state index is 10.4. The van der Waals surface area contributed by atoms with Gasteiger partial charge < -0.3 is 10.1 Å². The van der Waals surface area contributed by atoms with Crippen molar-refractivity contribution in [3.05, 3.63) is 35.5 Å². The molecule has 0 radical (unpaired) electrons. The number of hydrogen-bond acceptors (Lipinski definition) is 4. The van der Waals surface area contributed by atoms with Gasteiger partial charge in [0.1, 0.15) is 12.0 Å². The number of nitrogens with zero attached hydrogens (tertiary/aromatic N) is 1. The molecule has 5 heteroatoms. The van der Waals surface area contributed by atoms with Gasteiger partial charge in [-0.05, 0) is 18.1 Å². The second kappa shape index (κ2) is 4.52. The van der Waals surface area contributed by atoms with E-state index in [1.807, 2.05) is 11.1 Å². The van der Waals surface area contributed by atoms with Gasteiger partial charge in [-0.2, -0.15) is 5.06 Å². The Labute approximate surface area is 115 Å². The number of benzene rings is 1. The van der Waals surface area contributed by atoms with Gasteiger partial charge in [0, 0.05) is 28.9 Å². The molecule has 0 bridgehead atoms. The molecule has 0 unspecified atom stereocenters. The molecule has 1 saturated heterocycles. The van der Waals surface area contributed by atoms with E-state index in [2.05, 4.69) is 23.2 Å². The van der Waals surface area contributed by atoms with Gasteiger partial charge in [-0.15, -0.1) is 11.8 Å². The second-order valence-electron chi connectivity index (χ2n) is 5.08. The molecule has 2 aliphatic rings. The number of aliphatic hydroxyl groups is 1. The summed E-state index contributed by atoms with van der Waals surface area (Å²) in [5, 5.41) is 13.6. The molecule has 2 atom stereocenters. The highest BCUT2D eigenvalue weighted by molar-refractivity contribution is 7.99. The highest BCUT2D eigenvalue weighted by atomic mass is 32.2. The standard InChI is InChI=1S/C14H16N2O2S/c17-12-7-19-8-18-16-6-5-10-9-3-1-2-4-11(9)15-13(10)14(12)16/h1-4,12,14-15,17H,5-8H2/t12-,14-/m0/s1. The fourth-order valence-electron chi connectivity index (χ4n) is 3.14. The average molecular weight is 276 g/mol. The topological polar surface area (TPSA) is 48.5 Å². The minimum Gasteiger partial charge on any atom is -0.390 e. The Morgan fingerprint density at radius 3 is 3.21 bits per heavy atom. The van der Waals surface area contributed by atoms with E-state index in [1.54, 1.807) is 11.8 Å². The van der Waals surface area contributed by atoms with Crippen molar-refractivity contribution in [3.8, 4) is 0 Å². The van der Waals surface area contributed by atoms with E-state index in [9.17, 15) is 5.11 Å². The molecule has 1 aromatic heterocycles. The molecule has 1 aromatic carbocycles. The van der Waals surface area contributed by atoms with Crippen LogP contribution in [-0.4, -0.2) is 39.5 Å². The zero-order valence-electron chi connectivity index (χ0n) is 10.5. The summed E-state index contributed by atoms with van der Waals surface area (Å²) in [7, 11) is 0. The molecule has 0 saturated carbocycles. The Bertz CT molecular complexity index is 613. The Balaban J connectivity index is 1.88. The van der Waals surface area contributed by atoms with E-state index in [0.717, 1.165) is 29.9 Å². The predicted molar refractivity (Wildman–Crippen MR) is 75.9 cm³/mol. The van der Waals surface area contributed by atoms with Gasteiger partial charge >= 0.3 is 0 Å². The molecule has 2 N–H and O–H groups in total. The summed E-state index contributed by atoms with van der Waals surface area (Å²) in [5.74, 6) is 1.35. The highest BCUT2D eigenvalue weighted by Gasteiger charge is 2.37. The molecule has 0 aliphatic carbocycles. The normalized spacial score (nSPS) is 27.8. The molecule has 2 aromatic rings. The molecule has 1 fully saturated rings. The van der Waals surface area contributed by atoms with Crippen LogP contribution in [0.25, 0.3) is 10.9 Å². The minimum absolute atomic E-state index is 0.0638. The van der Waals surface area contributed by atoms with Crippen molar-refractivity contribution in [3.63, 3.8) is 0 Å². The van der Waals surface area contributed by atoms with Crippen LogP contribution in [0.15, 0.2) is 24.3 Å². The number of hydrogen-bond donors (Lipinski definition) is 2. The quantitative estimate of drug-likeness (QED) is 0.773. The van der Waals surface area contributed by atoms with Crippen molar-refractivity contribution in [2.75, 3.05) is 18.2 Å². The van der Waals surface area contributed by atoms with E-state index in [1.165, 1.54) is 10.9 Å². The molecule has 0 spiro atoms. The van der Waals surface area contributed by atoms with E-state index >= 15 is 0 Å². The van der Waals surface area contributed by atoms with E-state index in [-0.39, 0.29) is 12.1 Å². The van der Waals surface area contributed by atoms with Crippen LogP contribution in [0.1, 0.15) is 17.3 Å². The molecule has 0 amide bonds. The van der Waals surface area contributed by atoms with Crippen molar-refractivity contribution >= 4 is 22.7 Å². The third-order valence-corrected chi connectivity index (χ3v) is 4.84. The summed E-state index contributed by atoms with van der Waals surface area (Å²) in [6.07, 6.45) is 0.576. The number of nitrogens with one attached hydrogen (secondary N) is 1. The molecule has 4 nitrogen and oxygen atoms in total. The molecular weight excluding hydrogens is 260 g/mol. The van der Waals surface area contributed by atoms with Crippen LogP contribution in [0.2, 0.25) is 0 Å². The lowest BCUT2D eigenvalue weighted by Gasteiger charge is -2.34. The molecule has 2 aliphatic heterocycles. The number of para-hydroxylation sites is 1. The maximum atomic E-state index is 10.4. The van der Waals surface area contributed by atoms with Crippen LogP contribution in [0.4, 0.5) is 0 Å². The lowest BCUT2D eigenvalue weighted by molar-refractivity contribution is -0.190. The number of thioether (sulfide) groups is 1. The van der Waals surface area contributed by atoms with Crippen molar-refractivity contribution in [2.24, 2.45) is 0 Å². The Kier molecular flexibility index (Phi) is 2.81. The molecule has 3 heterocycles. The van der Waals surface area contributed by atoms with Gasteiger partial charge in [-0.3, -0.25) is 4.84 Å². The largest absolute Gasteiger partial charge is 0.390 e. The van der Waals surface area contributed by atoms with Crippen LogP contribution in [-0.2, 0) is 11.3 Å². The molecule has 4 rings (SSSR count). The SMILES string of the molecule is O[C@H]1CSCON2CCc3c([nH]c4ccccc34)[C@H]12. The van der Waals surface area contributed by atoms with Gasteiger partial charge in [0.25, 0.3) is 0 Å². The summed E-state index contributed by atoms with van der Waals surface area (Å²) >= 11 is 1.64. The molecule has 100 valence electrons. The summed E-state index contributed by atoms with van der Waals surface area (Å²) in [4.78, 5) is 9.23. The maximum Gasteiger partial charge on any atom is 0.114 e. The molecular formula is C14H16N2O2S. The fraction of sp³-hybridized carbons (Fsp3) is 0.429. The summed E-state index contributed by atoms with van der Waals surface area (Å²) in [6.45, 7) is 0.844. The van der Waals surface area contributed by atoms with Gasteiger partial charge in [0.2, 0.25) is 0 Å². The third-order valence-electron chi connectivity index (χ3n) is 3.99. The fourth-order valence-corrected chi connectivity index (χ4v) is 3.87. The lowest BCUT2D eigenvalue weighted by atomic mass is 9.96. The van der Waals surface area contributed by atoms with Gasteiger partial charge in [-0.1, -0.05) is 18.2 Å². The zero-order valence-corrected chi connectivity index (χ0v) is 11.3. The van der Waals surface area contributed by atoms with Crippen molar-refractivity contribution in [1.82, 2.24) is 10.0 Å². The predicted octanol–water partition coefficient (Wildman–Crippen LogP) is 2.06. The Morgan fingerprint density at radius 2 is 2.26 bits per heavy atom. The van der Waals surface area contributed by atoms with Crippen LogP contribution < -0.4 is 0 Å². The van der Waals surface area contributed by atoms with Crippen LogP contribution >= 0.6 is 11.8 Å². The number of aliphatic hydroxyl groups excluding tert-OH is 1. The third kappa shape index (κ3) is 1.80. The van der Waals surface area contributed by atoms with Gasteiger partial charge in [0.15, 0.2) is 0 Å². The Hall–Kier alpha value is -1.01. The first-order valence-electron chi connectivity index (χ1n) is 6.59. The number of aromatic amines is 1. The minimum atomic E-state index is -0.389. The van der Waals surface area contributed by atoms with Gasteiger partial charge in [-0.25, -0.2) is 0 Å². The number of aromatic nitrogens is 1. The first-order chi connectivity index (χ1) is 9.34. The van der Waals surface area contributed by atoms with Crippen LogP contribution in [0.5, 0.6) is 0 Å². The van der Waals surface area contributed by atoms with E-state index in [4.69, 9.17) is 4.84 Å². The van der Waals surface area contributed by atoms with Crippen molar-refractivity contribution < 1.29 is 9.94 Å². The van der Waals surface area contributed by atoms with Crippen LogP contribution in [0.3, 0.4) is 0 Å². The number of H-pyrrole nitrogens is 1. The highest BCUT2D eigenvalue weighted by Crippen LogP contribution is 2.38. The van der Waals surface area contributed by atoms with E-state index < -0.39 is 0 Å². The van der Waals surface area contributed by atoms with E-state index in [0.29, 0.717) is 5.94 Å². The number of fused-ring (bicyclic) bond motifs is 5. The second-order valence-corrected chi connectivity index (χ2v) is 6.06. The molecule has 19 heavy (non-hydrogen) atoms. The first kappa shape index (κ1) is 11.8. The van der Waals surface area contributed by atoms with Gasteiger partial charge in [0.05, 0.1) is 6.10 Å². The zero-order chi connectivity index (χ0) is 12.8. The number of rotatable bonds is 0. The number of hydroxylamine groups is 2. The smallest absolute Gasteiger partial charge is 0.114 e. The Morgan fingerprint density at radius 1 is 1.37 bits per heavy atom. The van der Waals surface area contributed by atoms with Crippen LogP contribution in [0, 0.1) is 0 Å². The summed E-state index contributed by atoms with van der Waals surface area (Å²) in [6, 6.07) is 8.29. The van der Waals surface area contributed by atoms with Crippen molar-refractivity contribution in [2.45, 2.75) is 18.6 Å².